The van der Waals surface area contributed by atoms with Gasteiger partial charge in [-0.05, 0) is 18.6 Å². The zero-order valence-electron chi connectivity index (χ0n) is 9.40. The van der Waals surface area contributed by atoms with Crippen molar-refractivity contribution in [2.75, 3.05) is 5.75 Å². The van der Waals surface area contributed by atoms with Crippen molar-refractivity contribution in [2.24, 2.45) is 5.92 Å². The molecule has 0 aromatic heterocycles. The van der Waals surface area contributed by atoms with Gasteiger partial charge in [-0.25, -0.2) is 8.42 Å². The number of hydrogen-bond donors (Lipinski definition) is 0. The highest BCUT2D eigenvalue weighted by molar-refractivity contribution is 7.91. The maximum Gasteiger partial charge on any atom is 0.405 e. The van der Waals surface area contributed by atoms with Crippen LogP contribution < -0.4 is 0 Å². The average Bonchev–Trinajstić information content (AvgIpc) is 2.24. The number of benzene rings is 1. The zero-order chi connectivity index (χ0) is 14.0. The molecule has 1 aromatic carbocycles. The molecule has 1 aromatic rings. The Balaban J connectivity index is 3.11. The number of halogens is 3. The molecule has 1 atom stereocenters. The quantitative estimate of drug-likeness (QED) is 0.852. The Morgan fingerprint density at radius 1 is 1.33 bits per heavy atom. The van der Waals surface area contributed by atoms with Crippen LogP contribution in [-0.4, -0.2) is 20.3 Å². The summed E-state index contributed by atoms with van der Waals surface area (Å²) < 4.78 is 60.8. The molecule has 1 unspecified atom stereocenters. The second kappa shape index (κ2) is 4.98. The van der Waals surface area contributed by atoms with Gasteiger partial charge in [0.1, 0.15) is 0 Å². The van der Waals surface area contributed by atoms with Crippen molar-refractivity contribution in [3.8, 4) is 6.07 Å². The smallest absolute Gasteiger partial charge is 0.224 e. The summed E-state index contributed by atoms with van der Waals surface area (Å²) in [6.07, 6.45) is -4.84. The first kappa shape index (κ1) is 14.5. The summed E-state index contributed by atoms with van der Waals surface area (Å²) in [6, 6.07) is 6.71. The summed E-state index contributed by atoms with van der Waals surface area (Å²) in [5.41, 5.74) is 0.358. The van der Waals surface area contributed by atoms with Gasteiger partial charge in [-0.1, -0.05) is 18.2 Å². The van der Waals surface area contributed by atoms with Gasteiger partial charge in [0.15, 0.2) is 15.8 Å². The van der Waals surface area contributed by atoms with Crippen LogP contribution in [0.3, 0.4) is 0 Å². The molecule has 0 aliphatic carbocycles. The molecular weight excluding hydrogens is 267 g/mol. The predicted molar refractivity (Wildman–Crippen MR) is 58.4 cm³/mol. The molecule has 3 nitrogen and oxygen atoms in total. The Morgan fingerprint density at radius 2 is 1.89 bits per heavy atom. The van der Waals surface area contributed by atoms with Gasteiger partial charge in [0.05, 0.1) is 16.7 Å². The number of hydrogen-bond acceptors (Lipinski definition) is 3. The molecule has 0 spiro atoms. The summed E-state index contributed by atoms with van der Waals surface area (Å²) in [5.74, 6) is -3.76. The lowest BCUT2D eigenvalue weighted by molar-refractivity contribution is -0.153. The van der Waals surface area contributed by atoms with Crippen LogP contribution in [0.1, 0.15) is 5.56 Å². The minimum absolute atomic E-state index is 0.172. The summed E-state index contributed by atoms with van der Waals surface area (Å²) in [5, 5.41) is 8.41. The number of nitrogens with zero attached hydrogens (tertiary/aromatic N) is 1. The van der Waals surface area contributed by atoms with E-state index in [9.17, 15) is 21.6 Å². The van der Waals surface area contributed by atoms with E-state index >= 15 is 0 Å². The Morgan fingerprint density at radius 3 is 2.33 bits per heavy atom. The molecule has 1 rings (SSSR count). The van der Waals surface area contributed by atoms with Crippen LogP contribution >= 0.6 is 0 Å². The van der Waals surface area contributed by atoms with Crippen molar-refractivity contribution in [1.29, 1.82) is 5.26 Å². The van der Waals surface area contributed by atoms with E-state index in [1.807, 2.05) is 0 Å². The molecule has 0 amide bonds. The number of nitriles is 1. The molecule has 0 fully saturated rings. The normalized spacial score (nSPS) is 13.9. The third kappa shape index (κ3) is 3.23. The average molecular weight is 277 g/mol. The molecule has 98 valence electrons. The highest BCUT2D eigenvalue weighted by Gasteiger charge is 2.43. The molecule has 0 saturated heterocycles. The Bertz CT molecular complexity index is 573. The highest BCUT2D eigenvalue weighted by Crippen LogP contribution is 2.29. The minimum atomic E-state index is -4.84. The molecule has 7 heteroatoms. The maximum atomic E-state index is 12.4. The second-order valence-electron chi connectivity index (χ2n) is 3.77. The lowest BCUT2D eigenvalue weighted by Crippen LogP contribution is -2.29. The fourth-order valence-corrected chi connectivity index (χ4v) is 3.15. The van der Waals surface area contributed by atoms with Crippen molar-refractivity contribution >= 4 is 9.84 Å². The topological polar surface area (TPSA) is 57.9 Å². The van der Waals surface area contributed by atoms with Crippen molar-refractivity contribution in [3.63, 3.8) is 0 Å². The second-order valence-corrected chi connectivity index (χ2v) is 5.77. The molecule has 0 aliphatic heterocycles. The molecular formula is C11H10F3NO2S. The Kier molecular flexibility index (Phi) is 4.02. The van der Waals surface area contributed by atoms with E-state index < -0.39 is 27.7 Å². The van der Waals surface area contributed by atoms with Gasteiger partial charge < -0.3 is 0 Å². The van der Waals surface area contributed by atoms with E-state index in [1.165, 1.54) is 25.1 Å². The van der Waals surface area contributed by atoms with E-state index in [0.717, 1.165) is 6.07 Å². The van der Waals surface area contributed by atoms with Crippen LogP contribution in [0.4, 0.5) is 13.2 Å². The van der Waals surface area contributed by atoms with Crippen molar-refractivity contribution in [3.05, 3.63) is 29.8 Å². The van der Waals surface area contributed by atoms with Crippen LogP contribution in [0.5, 0.6) is 0 Å². The third-order valence-corrected chi connectivity index (χ3v) is 4.27. The highest BCUT2D eigenvalue weighted by atomic mass is 32.2. The molecule has 0 aliphatic rings. The van der Waals surface area contributed by atoms with Crippen LogP contribution in [0.25, 0.3) is 0 Å². The molecule has 0 bridgehead atoms. The third-order valence-electron chi connectivity index (χ3n) is 2.37. The molecule has 0 radical (unpaired) electrons. The van der Waals surface area contributed by atoms with Gasteiger partial charge in [0.2, 0.25) is 0 Å². The Hall–Kier alpha value is -1.55. The van der Waals surface area contributed by atoms with Gasteiger partial charge >= 0.3 is 6.18 Å². The van der Waals surface area contributed by atoms with E-state index in [1.54, 1.807) is 6.07 Å². The molecule has 18 heavy (non-hydrogen) atoms. The Labute approximate surface area is 103 Å². The first-order valence-electron chi connectivity index (χ1n) is 4.93. The SMILES string of the molecule is Cc1ccccc1S(=O)(=O)CC(C#N)C(F)(F)F. The van der Waals surface area contributed by atoms with Crippen molar-refractivity contribution in [1.82, 2.24) is 0 Å². The predicted octanol–water partition coefficient (Wildman–Crippen LogP) is 2.47. The number of aryl methyl sites for hydroxylation is 1. The summed E-state index contributed by atoms with van der Waals surface area (Å²) in [6.45, 7) is 1.49. The van der Waals surface area contributed by atoms with Gasteiger partial charge in [0.25, 0.3) is 0 Å². The van der Waals surface area contributed by atoms with E-state index in [4.69, 9.17) is 5.26 Å². The fourth-order valence-electron chi connectivity index (χ4n) is 1.42. The van der Waals surface area contributed by atoms with E-state index in [0.29, 0.717) is 5.56 Å². The first-order chi connectivity index (χ1) is 8.18. The fraction of sp³-hybridized carbons (Fsp3) is 0.364. The summed E-state index contributed by atoms with van der Waals surface area (Å²) >= 11 is 0. The van der Waals surface area contributed by atoms with Crippen LogP contribution in [0, 0.1) is 24.2 Å². The summed E-state index contributed by atoms with van der Waals surface area (Å²) in [7, 11) is -4.13. The van der Waals surface area contributed by atoms with Gasteiger partial charge in [-0.2, -0.15) is 18.4 Å². The van der Waals surface area contributed by atoms with Crippen LogP contribution in [0.2, 0.25) is 0 Å². The summed E-state index contributed by atoms with van der Waals surface area (Å²) in [4.78, 5) is -0.172. The van der Waals surface area contributed by atoms with E-state index in [-0.39, 0.29) is 4.90 Å². The number of rotatable bonds is 3. The van der Waals surface area contributed by atoms with Crippen LogP contribution in [-0.2, 0) is 9.84 Å². The van der Waals surface area contributed by atoms with E-state index in [2.05, 4.69) is 0 Å². The maximum absolute atomic E-state index is 12.4. The van der Waals surface area contributed by atoms with Gasteiger partial charge in [-0.15, -0.1) is 0 Å². The minimum Gasteiger partial charge on any atom is -0.224 e. The molecule has 0 heterocycles. The van der Waals surface area contributed by atoms with Gasteiger partial charge in [-0.3, -0.25) is 0 Å². The largest absolute Gasteiger partial charge is 0.405 e. The molecule has 0 N–H and O–H groups in total. The monoisotopic (exact) mass is 277 g/mol. The lowest BCUT2D eigenvalue weighted by atomic mass is 10.2. The standard InChI is InChI=1S/C11H10F3NO2S/c1-8-4-2-3-5-10(8)18(16,17)7-9(6-15)11(12,13)14/h2-5,9H,7H2,1H3. The van der Waals surface area contributed by atoms with Crippen molar-refractivity contribution < 1.29 is 21.6 Å². The first-order valence-corrected chi connectivity index (χ1v) is 6.58. The van der Waals surface area contributed by atoms with Gasteiger partial charge in [0, 0.05) is 0 Å². The van der Waals surface area contributed by atoms with Crippen LogP contribution in [0.15, 0.2) is 29.2 Å². The molecule has 0 saturated carbocycles. The van der Waals surface area contributed by atoms with Crippen molar-refractivity contribution in [2.45, 2.75) is 18.0 Å². The number of sulfone groups is 1. The lowest BCUT2D eigenvalue weighted by Gasteiger charge is -2.14. The number of alkyl halides is 3. The zero-order valence-corrected chi connectivity index (χ0v) is 10.2.